The standard InChI is InChI=1S/C26H33NO7S/c1-4-6-12-26(5-2)16-35(32,33)22-14-18(13-20(24(28)29)25(30)31)21(34-3)15-19(22)23(27-26)17-10-8-7-9-11-17/h7-11,13-15,23,27,32-33H,4-6,12,16H2,1-3H3,(H,28,29)(H,30,31)/t23-,26-/m1/s1. The van der Waals surface area contributed by atoms with E-state index >= 15 is 0 Å². The third-order valence-electron chi connectivity index (χ3n) is 6.53. The van der Waals surface area contributed by atoms with Crippen LogP contribution in [0.25, 0.3) is 6.08 Å². The van der Waals surface area contributed by atoms with E-state index in [1.807, 2.05) is 37.3 Å². The minimum absolute atomic E-state index is 0.0903. The Morgan fingerprint density at radius 1 is 1.14 bits per heavy atom. The molecule has 0 amide bonds. The summed E-state index contributed by atoms with van der Waals surface area (Å²) in [6.07, 6.45) is 4.28. The third-order valence-corrected chi connectivity index (χ3v) is 8.55. The fourth-order valence-electron chi connectivity index (χ4n) is 4.60. The molecule has 35 heavy (non-hydrogen) atoms. The van der Waals surface area contributed by atoms with Crippen molar-refractivity contribution in [2.24, 2.45) is 0 Å². The van der Waals surface area contributed by atoms with E-state index in [1.165, 1.54) is 13.2 Å². The van der Waals surface area contributed by atoms with Gasteiger partial charge in [0.2, 0.25) is 0 Å². The van der Waals surface area contributed by atoms with Crippen LogP contribution in [-0.2, 0) is 9.59 Å². The predicted molar refractivity (Wildman–Crippen MR) is 136 cm³/mol. The van der Waals surface area contributed by atoms with Crippen LogP contribution in [0.2, 0.25) is 0 Å². The second-order valence-corrected chi connectivity index (χ2v) is 10.9. The van der Waals surface area contributed by atoms with Gasteiger partial charge in [-0.25, -0.2) is 9.59 Å². The first-order chi connectivity index (χ1) is 16.6. The van der Waals surface area contributed by atoms with Gasteiger partial charge in [0.25, 0.3) is 0 Å². The van der Waals surface area contributed by atoms with Crippen LogP contribution in [0.5, 0.6) is 5.75 Å². The maximum absolute atomic E-state index is 11.5. The molecule has 0 saturated carbocycles. The van der Waals surface area contributed by atoms with E-state index in [0.717, 1.165) is 30.9 Å². The molecule has 2 aromatic carbocycles. The van der Waals surface area contributed by atoms with E-state index < -0.39 is 33.6 Å². The van der Waals surface area contributed by atoms with E-state index in [9.17, 15) is 28.9 Å². The molecule has 0 spiro atoms. The molecule has 9 heteroatoms. The first-order valence-corrected chi connectivity index (χ1v) is 13.3. The van der Waals surface area contributed by atoms with Gasteiger partial charge in [-0.05, 0) is 36.6 Å². The number of rotatable bonds is 9. The molecule has 8 nitrogen and oxygen atoms in total. The number of benzene rings is 2. The van der Waals surface area contributed by atoms with Crippen LogP contribution >= 0.6 is 10.6 Å². The van der Waals surface area contributed by atoms with Gasteiger partial charge in [-0.15, -0.1) is 0 Å². The van der Waals surface area contributed by atoms with Crippen molar-refractivity contribution in [3.8, 4) is 5.75 Å². The molecule has 0 aromatic heterocycles. The summed E-state index contributed by atoms with van der Waals surface area (Å²) in [6, 6.07) is 12.4. The van der Waals surface area contributed by atoms with E-state index in [4.69, 9.17) is 4.74 Å². The summed E-state index contributed by atoms with van der Waals surface area (Å²) in [5, 5.41) is 22.4. The number of hydrogen-bond acceptors (Lipinski definition) is 6. The topological polar surface area (TPSA) is 136 Å². The highest BCUT2D eigenvalue weighted by molar-refractivity contribution is 8.24. The Bertz CT molecular complexity index is 1100. The number of carboxylic acids is 2. The number of nitrogens with one attached hydrogen (secondary N) is 1. The zero-order valence-electron chi connectivity index (χ0n) is 20.2. The van der Waals surface area contributed by atoms with Crippen molar-refractivity contribution < 1.29 is 33.6 Å². The number of aliphatic carboxylic acids is 2. The van der Waals surface area contributed by atoms with Crippen molar-refractivity contribution in [3.05, 3.63) is 64.7 Å². The Morgan fingerprint density at radius 3 is 2.34 bits per heavy atom. The number of fused-ring (bicyclic) bond motifs is 1. The highest BCUT2D eigenvalue weighted by atomic mass is 32.3. The van der Waals surface area contributed by atoms with Crippen LogP contribution in [0.4, 0.5) is 0 Å². The highest BCUT2D eigenvalue weighted by Crippen LogP contribution is 2.58. The van der Waals surface area contributed by atoms with Gasteiger partial charge in [0.05, 0.1) is 23.8 Å². The number of methoxy groups -OCH3 is 1. The van der Waals surface area contributed by atoms with Crippen molar-refractivity contribution in [1.82, 2.24) is 5.32 Å². The van der Waals surface area contributed by atoms with Gasteiger partial charge < -0.3 is 14.9 Å². The second kappa shape index (κ2) is 10.8. The average Bonchev–Trinajstić information content (AvgIpc) is 2.92. The Morgan fingerprint density at radius 2 is 1.80 bits per heavy atom. The minimum Gasteiger partial charge on any atom is -0.496 e. The number of carboxylic acid groups (broad SMARTS) is 2. The minimum atomic E-state index is -3.34. The van der Waals surface area contributed by atoms with Crippen molar-refractivity contribution in [1.29, 1.82) is 0 Å². The quantitative estimate of drug-likeness (QED) is 0.175. The number of ether oxygens (including phenoxy) is 1. The molecule has 0 fully saturated rings. The van der Waals surface area contributed by atoms with Gasteiger partial charge in [0, 0.05) is 16.7 Å². The first-order valence-electron chi connectivity index (χ1n) is 11.6. The zero-order chi connectivity index (χ0) is 25.8. The monoisotopic (exact) mass is 503 g/mol. The number of hydrogen-bond donors (Lipinski definition) is 5. The Hall–Kier alpha value is -2.85. The summed E-state index contributed by atoms with van der Waals surface area (Å²) in [4.78, 5) is 23.2. The average molecular weight is 504 g/mol. The molecule has 2 atom stereocenters. The molecule has 0 unspecified atom stereocenters. The number of carbonyl (C=O) groups is 2. The second-order valence-electron chi connectivity index (χ2n) is 8.84. The molecular weight excluding hydrogens is 470 g/mol. The van der Waals surface area contributed by atoms with Crippen LogP contribution in [0.1, 0.15) is 62.3 Å². The largest absolute Gasteiger partial charge is 0.496 e. The maximum atomic E-state index is 11.5. The summed E-state index contributed by atoms with van der Waals surface area (Å²) < 4.78 is 28.5. The van der Waals surface area contributed by atoms with Gasteiger partial charge in [-0.1, -0.05) is 57.0 Å². The van der Waals surface area contributed by atoms with Crippen molar-refractivity contribution in [2.75, 3.05) is 12.9 Å². The maximum Gasteiger partial charge on any atom is 0.343 e. The van der Waals surface area contributed by atoms with Crippen LogP contribution in [0, 0.1) is 0 Å². The third kappa shape index (κ3) is 5.70. The molecule has 5 N–H and O–H groups in total. The predicted octanol–water partition coefficient (Wildman–Crippen LogP) is 5.39. The smallest absolute Gasteiger partial charge is 0.343 e. The summed E-state index contributed by atoms with van der Waals surface area (Å²) in [5.41, 5.74) is 0.282. The van der Waals surface area contributed by atoms with Crippen LogP contribution < -0.4 is 10.1 Å². The summed E-state index contributed by atoms with van der Waals surface area (Å²) in [6.45, 7) is 4.12. The fraction of sp³-hybridized carbons (Fsp3) is 0.385. The molecule has 190 valence electrons. The van der Waals surface area contributed by atoms with Crippen molar-refractivity contribution in [2.45, 2.75) is 56.0 Å². The summed E-state index contributed by atoms with van der Waals surface area (Å²) >= 11 is 0. The lowest BCUT2D eigenvalue weighted by Crippen LogP contribution is -2.49. The molecule has 0 radical (unpaired) electrons. The van der Waals surface area contributed by atoms with Gasteiger partial charge in [0.1, 0.15) is 11.3 Å². The lowest BCUT2D eigenvalue weighted by atomic mass is 9.87. The van der Waals surface area contributed by atoms with E-state index in [0.29, 0.717) is 12.0 Å². The summed E-state index contributed by atoms with van der Waals surface area (Å²) in [7, 11) is -1.94. The van der Waals surface area contributed by atoms with Crippen molar-refractivity contribution in [3.63, 3.8) is 0 Å². The zero-order valence-corrected chi connectivity index (χ0v) is 21.0. The normalized spacial score (nSPS) is 21.8. The molecule has 1 heterocycles. The lowest BCUT2D eigenvalue weighted by Gasteiger charge is -2.42. The Labute approximate surface area is 207 Å². The van der Waals surface area contributed by atoms with Gasteiger partial charge in [0.15, 0.2) is 0 Å². The molecular formula is C26H33NO7S. The molecule has 0 bridgehead atoms. The van der Waals surface area contributed by atoms with Crippen molar-refractivity contribution >= 4 is 28.6 Å². The molecule has 1 aliphatic rings. The van der Waals surface area contributed by atoms with E-state index in [-0.39, 0.29) is 28.0 Å². The van der Waals surface area contributed by atoms with Crippen LogP contribution in [-0.4, -0.2) is 49.7 Å². The van der Waals surface area contributed by atoms with Gasteiger partial charge >= 0.3 is 11.9 Å². The lowest BCUT2D eigenvalue weighted by molar-refractivity contribution is -0.140. The number of unbranched alkanes of at least 4 members (excludes halogenated alkanes) is 1. The Kier molecular flexibility index (Phi) is 8.27. The van der Waals surface area contributed by atoms with E-state index in [1.54, 1.807) is 6.07 Å². The summed E-state index contributed by atoms with van der Waals surface area (Å²) in [5.74, 6) is -2.88. The van der Waals surface area contributed by atoms with Crippen LogP contribution in [0.15, 0.2) is 52.9 Å². The molecule has 0 saturated heterocycles. The van der Waals surface area contributed by atoms with Gasteiger partial charge in [-0.3, -0.25) is 14.4 Å². The van der Waals surface area contributed by atoms with E-state index in [2.05, 4.69) is 12.2 Å². The molecule has 2 aromatic rings. The Balaban J connectivity index is 2.31. The SMILES string of the molecule is CCCC[C@]1(CC)CS(O)(O)c2cc(C=C(C(=O)O)C(=O)O)c(OC)cc2[C@@H](c2ccccc2)N1. The van der Waals surface area contributed by atoms with Crippen LogP contribution in [0.3, 0.4) is 0 Å². The first kappa shape index (κ1) is 26.7. The molecule has 0 aliphatic carbocycles. The van der Waals surface area contributed by atoms with Gasteiger partial charge in [-0.2, -0.15) is 10.6 Å². The molecule has 1 aliphatic heterocycles. The fourth-order valence-corrected chi connectivity index (χ4v) is 6.83. The highest BCUT2D eigenvalue weighted by Gasteiger charge is 2.42. The molecule has 3 rings (SSSR count).